The summed E-state index contributed by atoms with van der Waals surface area (Å²) in [6.07, 6.45) is 1.93. The molecule has 0 spiro atoms. The van der Waals surface area contributed by atoms with Crippen LogP contribution in [0.4, 0.5) is 15.8 Å². The number of anilines is 2. The standard InChI is InChI=1S/C11H17FN2OS/c1-11(15,7-16-2)6-14-10-4-3-8(12)5-9(10)13/h3-5,14-15H,6-7,13H2,1-2H3. The van der Waals surface area contributed by atoms with E-state index in [2.05, 4.69) is 5.32 Å². The van der Waals surface area contributed by atoms with Crippen LogP contribution in [-0.2, 0) is 0 Å². The Hall–Kier alpha value is -0.940. The van der Waals surface area contributed by atoms with Crippen LogP contribution in [0, 0.1) is 5.82 Å². The van der Waals surface area contributed by atoms with E-state index in [1.165, 1.54) is 12.1 Å². The maximum absolute atomic E-state index is 12.8. The van der Waals surface area contributed by atoms with Crippen molar-refractivity contribution in [2.45, 2.75) is 12.5 Å². The van der Waals surface area contributed by atoms with E-state index < -0.39 is 5.60 Å². The van der Waals surface area contributed by atoms with Crippen LogP contribution in [0.2, 0.25) is 0 Å². The van der Waals surface area contributed by atoms with Gasteiger partial charge in [-0.15, -0.1) is 0 Å². The molecule has 1 rings (SSSR count). The summed E-state index contributed by atoms with van der Waals surface area (Å²) in [5, 5.41) is 12.9. The van der Waals surface area contributed by atoms with E-state index in [0.717, 1.165) is 0 Å². The summed E-state index contributed by atoms with van der Waals surface area (Å²) >= 11 is 1.57. The lowest BCUT2D eigenvalue weighted by molar-refractivity contribution is 0.0997. The van der Waals surface area contributed by atoms with Gasteiger partial charge in [0.1, 0.15) is 5.82 Å². The molecular weight excluding hydrogens is 227 g/mol. The maximum Gasteiger partial charge on any atom is 0.125 e. The molecule has 0 aliphatic carbocycles. The number of thioether (sulfide) groups is 1. The van der Waals surface area contributed by atoms with Crippen LogP contribution in [-0.4, -0.2) is 29.3 Å². The molecule has 1 aromatic carbocycles. The zero-order valence-electron chi connectivity index (χ0n) is 9.46. The molecular formula is C11H17FN2OS. The fraction of sp³-hybridized carbons (Fsp3) is 0.455. The molecule has 0 bridgehead atoms. The Kier molecular flexibility index (Phi) is 4.44. The van der Waals surface area contributed by atoms with E-state index in [1.807, 2.05) is 6.26 Å². The van der Waals surface area contributed by atoms with Gasteiger partial charge in [-0.1, -0.05) is 0 Å². The molecule has 3 nitrogen and oxygen atoms in total. The first-order valence-electron chi connectivity index (χ1n) is 4.95. The van der Waals surface area contributed by atoms with Crippen molar-refractivity contribution in [3.63, 3.8) is 0 Å². The molecule has 0 saturated carbocycles. The van der Waals surface area contributed by atoms with Gasteiger partial charge in [0.25, 0.3) is 0 Å². The van der Waals surface area contributed by atoms with E-state index in [1.54, 1.807) is 24.8 Å². The number of nitrogen functional groups attached to an aromatic ring is 1. The summed E-state index contributed by atoms with van der Waals surface area (Å²) < 4.78 is 12.8. The Morgan fingerprint density at radius 1 is 1.56 bits per heavy atom. The predicted molar refractivity (Wildman–Crippen MR) is 68.3 cm³/mol. The number of benzene rings is 1. The number of hydrogen-bond acceptors (Lipinski definition) is 4. The number of halogens is 1. The molecule has 4 N–H and O–H groups in total. The first kappa shape index (κ1) is 13.1. The van der Waals surface area contributed by atoms with Crippen molar-refractivity contribution < 1.29 is 9.50 Å². The number of nitrogens with one attached hydrogen (secondary N) is 1. The van der Waals surface area contributed by atoms with Crippen LogP contribution >= 0.6 is 11.8 Å². The fourth-order valence-corrected chi connectivity index (χ4v) is 2.07. The predicted octanol–water partition coefficient (Wildman–Crippen LogP) is 1.93. The van der Waals surface area contributed by atoms with E-state index in [4.69, 9.17) is 5.73 Å². The second-order valence-electron chi connectivity index (χ2n) is 4.02. The summed E-state index contributed by atoms with van der Waals surface area (Å²) in [6.45, 7) is 2.12. The Bertz CT molecular complexity index is 358. The molecule has 0 heterocycles. The quantitative estimate of drug-likeness (QED) is 0.693. The molecule has 0 amide bonds. The molecule has 5 heteroatoms. The van der Waals surface area contributed by atoms with Crippen LogP contribution in [0.15, 0.2) is 18.2 Å². The van der Waals surface area contributed by atoms with Gasteiger partial charge in [-0.2, -0.15) is 11.8 Å². The molecule has 0 aliphatic rings. The number of nitrogens with two attached hydrogens (primary N) is 1. The van der Waals surface area contributed by atoms with Crippen LogP contribution < -0.4 is 11.1 Å². The van der Waals surface area contributed by atoms with Gasteiger partial charge < -0.3 is 16.2 Å². The largest absolute Gasteiger partial charge is 0.397 e. The molecule has 90 valence electrons. The summed E-state index contributed by atoms with van der Waals surface area (Å²) in [7, 11) is 0. The molecule has 16 heavy (non-hydrogen) atoms. The average Bonchev–Trinajstić information content (AvgIpc) is 2.16. The second-order valence-corrected chi connectivity index (χ2v) is 4.88. The smallest absolute Gasteiger partial charge is 0.125 e. The van der Waals surface area contributed by atoms with E-state index in [-0.39, 0.29) is 5.82 Å². The molecule has 1 aromatic rings. The first-order chi connectivity index (χ1) is 7.44. The highest BCUT2D eigenvalue weighted by atomic mass is 32.2. The highest BCUT2D eigenvalue weighted by molar-refractivity contribution is 7.98. The third-order valence-corrected chi connectivity index (χ3v) is 3.04. The van der Waals surface area contributed by atoms with Crippen LogP contribution in [0.1, 0.15) is 6.92 Å². The van der Waals surface area contributed by atoms with Gasteiger partial charge in [0.15, 0.2) is 0 Å². The third kappa shape index (κ3) is 3.90. The minimum absolute atomic E-state index is 0.347. The van der Waals surface area contributed by atoms with Gasteiger partial charge in [-0.05, 0) is 31.4 Å². The number of aliphatic hydroxyl groups is 1. The molecule has 0 aliphatic heterocycles. The summed E-state index contributed by atoms with van der Waals surface area (Å²) in [5.41, 5.74) is 5.82. The molecule has 0 fully saturated rings. The van der Waals surface area contributed by atoms with Gasteiger partial charge in [0.2, 0.25) is 0 Å². The zero-order chi connectivity index (χ0) is 12.2. The summed E-state index contributed by atoms with van der Waals surface area (Å²) in [4.78, 5) is 0. The lowest BCUT2D eigenvalue weighted by atomic mass is 10.1. The topological polar surface area (TPSA) is 58.3 Å². The van der Waals surface area contributed by atoms with Gasteiger partial charge in [0, 0.05) is 12.3 Å². The van der Waals surface area contributed by atoms with Gasteiger partial charge in [-0.25, -0.2) is 4.39 Å². The van der Waals surface area contributed by atoms with Crippen molar-refractivity contribution in [1.29, 1.82) is 0 Å². The first-order valence-corrected chi connectivity index (χ1v) is 6.34. The average molecular weight is 244 g/mol. The number of rotatable bonds is 5. The van der Waals surface area contributed by atoms with Crippen molar-refractivity contribution in [2.24, 2.45) is 0 Å². The van der Waals surface area contributed by atoms with Crippen molar-refractivity contribution in [3.05, 3.63) is 24.0 Å². The van der Waals surface area contributed by atoms with Crippen LogP contribution in [0.3, 0.4) is 0 Å². The van der Waals surface area contributed by atoms with Crippen molar-refractivity contribution in [3.8, 4) is 0 Å². The fourth-order valence-electron chi connectivity index (χ4n) is 1.34. The van der Waals surface area contributed by atoms with E-state index in [9.17, 15) is 9.50 Å². The van der Waals surface area contributed by atoms with Gasteiger partial charge in [-0.3, -0.25) is 0 Å². The Labute approximate surface area is 99.2 Å². The van der Waals surface area contributed by atoms with Gasteiger partial charge in [0.05, 0.1) is 17.0 Å². The second kappa shape index (κ2) is 5.41. The minimum atomic E-state index is -0.805. The van der Waals surface area contributed by atoms with Crippen LogP contribution in [0.5, 0.6) is 0 Å². The zero-order valence-corrected chi connectivity index (χ0v) is 10.3. The highest BCUT2D eigenvalue weighted by Crippen LogP contribution is 2.20. The monoisotopic (exact) mass is 244 g/mol. The number of hydrogen-bond donors (Lipinski definition) is 3. The van der Waals surface area contributed by atoms with Crippen molar-refractivity contribution >= 4 is 23.1 Å². The van der Waals surface area contributed by atoms with Crippen molar-refractivity contribution in [2.75, 3.05) is 29.6 Å². The van der Waals surface area contributed by atoms with Crippen LogP contribution in [0.25, 0.3) is 0 Å². The summed E-state index contributed by atoms with van der Waals surface area (Å²) in [5.74, 6) is 0.264. The Balaban J connectivity index is 2.61. The van der Waals surface area contributed by atoms with Crippen molar-refractivity contribution in [1.82, 2.24) is 0 Å². The molecule has 0 aromatic heterocycles. The molecule has 0 radical (unpaired) electrons. The Morgan fingerprint density at radius 2 is 2.25 bits per heavy atom. The van der Waals surface area contributed by atoms with E-state index >= 15 is 0 Å². The van der Waals surface area contributed by atoms with E-state index in [0.29, 0.717) is 23.7 Å². The molecule has 0 saturated heterocycles. The van der Waals surface area contributed by atoms with Gasteiger partial charge >= 0.3 is 0 Å². The Morgan fingerprint density at radius 3 is 2.81 bits per heavy atom. The SMILES string of the molecule is CSCC(C)(O)CNc1ccc(F)cc1N. The maximum atomic E-state index is 12.8. The highest BCUT2D eigenvalue weighted by Gasteiger charge is 2.19. The lowest BCUT2D eigenvalue weighted by Crippen LogP contribution is -2.36. The molecule has 1 atom stereocenters. The normalized spacial score (nSPS) is 14.5. The minimum Gasteiger partial charge on any atom is -0.397 e. The molecule has 1 unspecified atom stereocenters. The third-order valence-electron chi connectivity index (χ3n) is 2.13. The lowest BCUT2D eigenvalue weighted by Gasteiger charge is -2.23. The summed E-state index contributed by atoms with van der Waals surface area (Å²) in [6, 6.07) is 4.16.